The van der Waals surface area contributed by atoms with E-state index in [4.69, 9.17) is 9.47 Å². The minimum Gasteiger partial charge on any atom is -0.465 e. The van der Waals surface area contributed by atoms with Crippen LogP contribution in [-0.2, 0) is 39.1 Å². The van der Waals surface area contributed by atoms with Crippen molar-refractivity contribution in [3.63, 3.8) is 0 Å². The Bertz CT molecular complexity index is 1480. The van der Waals surface area contributed by atoms with E-state index >= 15 is 0 Å². The normalized spacial score (nSPS) is 14.1. The van der Waals surface area contributed by atoms with E-state index < -0.39 is 53.6 Å². The number of carboxylic acid groups (broad SMARTS) is 1. The average molecular weight is 561 g/mol. The van der Waals surface area contributed by atoms with Gasteiger partial charge in [-0.3, -0.25) is 19.0 Å². The van der Waals surface area contributed by atoms with Crippen molar-refractivity contribution in [2.45, 2.75) is 68.5 Å². The van der Waals surface area contributed by atoms with E-state index in [0.29, 0.717) is 5.95 Å². The molecule has 0 radical (unpaired) electrons. The summed E-state index contributed by atoms with van der Waals surface area (Å²) in [6.45, 7) is 11.4. The highest BCUT2D eigenvalue weighted by molar-refractivity contribution is 5.77. The zero-order chi connectivity index (χ0) is 30.0. The Morgan fingerprint density at radius 1 is 0.875 bits per heavy atom. The van der Waals surface area contributed by atoms with Crippen molar-refractivity contribution >= 4 is 35.1 Å². The van der Waals surface area contributed by atoms with Gasteiger partial charge in [0.15, 0.2) is 24.6 Å². The van der Waals surface area contributed by atoms with E-state index in [-0.39, 0.29) is 43.9 Å². The van der Waals surface area contributed by atoms with Crippen LogP contribution >= 0.6 is 0 Å². The van der Waals surface area contributed by atoms with Crippen LogP contribution in [0.25, 0.3) is 11.2 Å². The molecule has 2 aromatic heterocycles. The Morgan fingerprint density at radius 2 is 1.40 bits per heavy atom. The Kier molecular flexibility index (Phi) is 8.66. The number of rotatable bonds is 6. The highest BCUT2D eigenvalue weighted by Crippen LogP contribution is 2.22. The monoisotopic (exact) mass is 560 g/mol. The summed E-state index contributed by atoms with van der Waals surface area (Å²) in [6, 6.07) is 0. The van der Waals surface area contributed by atoms with Gasteiger partial charge < -0.3 is 24.4 Å². The maximum absolute atomic E-state index is 13.7. The molecule has 0 spiro atoms. The summed E-state index contributed by atoms with van der Waals surface area (Å²) < 4.78 is 14.0. The molecule has 14 heteroatoms. The van der Waals surface area contributed by atoms with E-state index in [1.807, 2.05) is 0 Å². The van der Waals surface area contributed by atoms with E-state index in [9.17, 15) is 29.1 Å². The van der Waals surface area contributed by atoms with Crippen molar-refractivity contribution in [2.24, 2.45) is 10.8 Å². The Morgan fingerprint density at radius 3 is 1.88 bits per heavy atom. The first-order valence-electron chi connectivity index (χ1n) is 12.8. The number of carbonyl (C=O) groups is 3. The molecule has 1 amide bonds. The molecule has 1 aliphatic heterocycles. The van der Waals surface area contributed by atoms with E-state index in [1.54, 1.807) is 53.4 Å². The highest BCUT2D eigenvalue weighted by Gasteiger charge is 2.30. The maximum Gasteiger partial charge on any atom is 0.407 e. The second-order valence-electron chi connectivity index (χ2n) is 11.4. The lowest BCUT2D eigenvalue weighted by atomic mass is 9.97. The summed E-state index contributed by atoms with van der Waals surface area (Å²) in [5.74, 6) is 4.79. The van der Waals surface area contributed by atoms with Crippen molar-refractivity contribution < 1.29 is 29.0 Å². The minimum atomic E-state index is -1.04. The fourth-order valence-corrected chi connectivity index (χ4v) is 3.84. The highest BCUT2D eigenvalue weighted by atomic mass is 16.6. The number of esters is 2. The molecule has 1 saturated heterocycles. The van der Waals surface area contributed by atoms with E-state index in [2.05, 4.69) is 16.8 Å². The van der Waals surface area contributed by atoms with Crippen LogP contribution in [-0.4, -0.2) is 72.9 Å². The third-order valence-electron chi connectivity index (χ3n) is 6.22. The van der Waals surface area contributed by atoms with Crippen molar-refractivity contribution in [3.05, 3.63) is 20.8 Å². The van der Waals surface area contributed by atoms with Crippen molar-refractivity contribution in [1.29, 1.82) is 0 Å². The van der Waals surface area contributed by atoms with E-state index in [0.717, 1.165) is 9.13 Å². The second kappa shape index (κ2) is 11.4. The van der Waals surface area contributed by atoms with Crippen LogP contribution in [0.15, 0.2) is 9.59 Å². The predicted octanol–water partition coefficient (Wildman–Crippen LogP) is 1.28. The number of anilines is 1. The zero-order valence-corrected chi connectivity index (χ0v) is 23.9. The number of hydrogen-bond donors (Lipinski definition) is 1. The molecule has 0 saturated carbocycles. The van der Waals surface area contributed by atoms with Gasteiger partial charge in [-0.1, -0.05) is 5.92 Å². The lowest BCUT2D eigenvalue weighted by Crippen LogP contribution is -2.49. The standard InChI is InChI=1S/C26H36N6O8/c1-8-9-10-30-17-18(27-22(30)28-11-13-29(14-12-28)24(37)38)31(15-39-20(34)25(2,3)4)23(36)32(19(17)33)16-40-21(35)26(5,6)7/h10-16H2,1-7H3,(H,37,38). The number of amides is 1. The van der Waals surface area contributed by atoms with Gasteiger partial charge in [-0.15, -0.1) is 5.92 Å². The number of piperazine rings is 1. The molecule has 0 aliphatic carbocycles. The summed E-state index contributed by atoms with van der Waals surface area (Å²) >= 11 is 0. The van der Waals surface area contributed by atoms with Gasteiger partial charge in [0.2, 0.25) is 5.95 Å². The Labute approximate surface area is 231 Å². The average Bonchev–Trinajstić information content (AvgIpc) is 3.25. The number of imidazole rings is 1. The zero-order valence-electron chi connectivity index (χ0n) is 23.9. The maximum atomic E-state index is 13.7. The van der Waals surface area contributed by atoms with Crippen LogP contribution < -0.4 is 16.1 Å². The van der Waals surface area contributed by atoms with Crippen molar-refractivity contribution in [1.82, 2.24) is 23.6 Å². The molecule has 3 heterocycles. The molecule has 0 unspecified atom stereocenters. The molecule has 1 fully saturated rings. The molecular weight excluding hydrogens is 524 g/mol. The topological polar surface area (TPSA) is 158 Å². The lowest BCUT2D eigenvalue weighted by molar-refractivity contribution is -0.157. The molecule has 40 heavy (non-hydrogen) atoms. The fraction of sp³-hybridized carbons (Fsp3) is 0.615. The molecule has 1 aliphatic rings. The summed E-state index contributed by atoms with van der Waals surface area (Å²) in [6.07, 6.45) is -1.04. The summed E-state index contributed by atoms with van der Waals surface area (Å²) in [4.78, 5) is 71.3. The summed E-state index contributed by atoms with van der Waals surface area (Å²) in [5, 5.41) is 9.32. The second-order valence-corrected chi connectivity index (χ2v) is 11.4. The van der Waals surface area contributed by atoms with Crippen LogP contribution in [0.1, 0.15) is 48.5 Å². The third-order valence-corrected chi connectivity index (χ3v) is 6.22. The van der Waals surface area contributed by atoms with Gasteiger partial charge in [0, 0.05) is 26.2 Å². The molecule has 0 bridgehead atoms. The van der Waals surface area contributed by atoms with E-state index in [1.165, 1.54) is 9.47 Å². The molecule has 218 valence electrons. The van der Waals surface area contributed by atoms with Gasteiger partial charge in [-0.25, -0.2) is 18.7 Å². The van der Waals surface area contributed by atoms with Crippen molar-refractivity contribution in [3.8, 4) is 11.8 Å². The van der Waals surface area contributed by atoms with Crippen LogP contribution in [0.2, 0.25) is 0 Å². The molecule has 14 nitrogen and oxygen atoms in total. The van der Waals surface area contributed by atoms with Gasteiger partial charge in [0.1, 0.15) is 0 Å². The van der Waals surface area contributed by atoms with Gasteiger partial charge in [0.25, 0.3) is 5.56 Å². The van der Waals surface area contributed by atoms with Crippen LogP contribution in [0.5, 0.6) is 0 Å². The van der Waals surface area contributed by atoms with Crippen LogP contribution in [0.3, 0.4) is 0 Å². The summed E-state index contributed by atoms with van der Waals surface area (Å²) in [5.41, 5.74) is -3.42. The van der Waals surface area contributed by atoms with Crippen LogP contribution in [0, 0.1) is 22.7 Å². The number of hydrogen-bond acceptors (Lipinski definition) is 9. The van der Waals surface area contributed by atoms with Gasteiger partial charge in [-0.2, -0.15) is 4.98 Å². The molecule has 3 rings (SSSR count). The third kappa shape index (κ3) is 6.30. The number of ether oxygens (including phenoxy) is 2. The first-order chi connectivity index (χ1) is 18.6. The first-order valence-corrected chi connectivity index (χ1v) is 12.8. The van der Waals surface area contributed by atoms with Crippen LogP contribution in [0.4, 0.5) is 10.7 Å². The van der Waals surface area contributed by atoms with Gasteiger partial charge in [-0.05, 0) is 48.5 Å². The molecular formula is C26H36N6O8. The molecule has 0 aromatic carbocycles. The minimum absolute atomic E-state index is 0.00312. The molecule has 2 aromatic rings. The predicted molar refractivity (Wildman–Crippen MR) is 145 cm³/mol. The molecule has 1 N–H and O–H groups in total. The van der Waals surface area contributed by atoms with Gasteiger partial charge >= 0.3 is 23.7 Å². The SMILES string of the molecule is CC#CCn1c(N2CCN(C(=O)O)CC2)nc2c1c(=O)n(COC(=O)C(C)(C)C)c(=O)n2COC(=O)C(C)(C)C. The Hall–Kier alpha value is -4.28. The largest absolute Gasteiger partial charge is 0.465 e. The molecule has 0 atom stereocenters. The number of carbonyl (C=O) groups excluding carboxylic acids is 2. The first kappa shape index (κ1) is 30.3. The number of nitrogens with zero attached hydrogens (tertiary/aromatic N) is 6. The Balaban J connectivity index is 2.21. The quantitative estimate of drug-likeness (QED) is 0.403. The lowest BCUT2D eigenvalue weighted by Gasteiger charge is -2.33. The van der Waals surface area contributed by atoms with Gasteiger partial charge in [0.05, 0.1) is 17.4 Å². The fourth-order valence-electron chi connectivity index (χ4n) is 3.84. The number of fused-ring (bicyclic) bond motifs is 1. The van der Waals surface area contributed by atoms with Crippen molar-refractivity contribution in [2.75, 3.05) is 31.1 Å². The smallest absolute Gasteiger partial charge is 0.407 e. The number of aromatic nitrogens is 4. The summed E-state index contributed by atoms with van der Waals surface area (Å²) in [7, 11) is 0.